The van der Waals surface area contributed by atoms with Crippen LogP contribution in [0.5, 0.6) is 0 Å². The smallest absolute Gasteiger partial charge is 0.319 e. The molecule has 0 aliphatic carbocycles. The maximum atomic E-state index is 12.2. The van der Waals surface area contributed by atoms with Crippen LogP contribution in [0.4, 0.5) is 16.2 Å². The van der Waals surface area contributed by atoms with Crippen LogP contribution in [0.1, 0.15) is 20.3 Å². The van der Waals surface area contributed by atoms with Gasteiger partial charge in [-0.1, -0.05) is 32.4 Å². The number of carbonyl (C=O) groups excluding carboxylic acids is 1. The van der Waals surface area contributed by atoms with Crippen LogP contribution in [0.15, 0.2) is 24.3 Å². The van der Waals surface area contributed by atoms with Crippen molar-refractivity contribution in [2.45, 2.75) is 26.4 Å². The zero-order chi connectivity index (χ0) is 17.5. The summed E-state index contributed by atoms with van der Waals surface area (Å²) in [5.74, 6) is 0.169. The molecule has 2 amide bonds. The zero-order valence-corrected chi connectivity index (χ0v) is 15.0. The first kappa shape index (κ1) is 18.5. The SMILES string of the molecule is CCC(C)C(O)CNC(=O)Nc1ccccc1N1CCN(C)CC1. The van der Waals surface area contributed by atoms with Gasteiger partial charge in [-0.25, -0.2) is 4.79 Å². The van der Waals surface area contributed by atoms with Crippen molar-refractivity contribution in [3.63, 3.8) is 0 Å². The van der Waals surface area contributed by atoms with Gasteiger partial charge in [0.05, 0.1) is 17.5 Å². The highest BCUT2D eigenvalue weighted by Crippen LogP contribution is 2.26. The molecule has 0 bridgehead atoms. The first-order valence-electron chi connectivity index (χ1n) is 8.76. The van der Waals surface area contributed by atoms with E-state index >= 15 is 0 Å². The highest BCUT2D eigenvalue weighted by molar-refractivity contribution is 5.93. The van der Waals surface area contributed by atoms with Crippen LogP contribution in [0.25, 0.3) is 0 Å². The molecule has 0 saturated carbocycles. The normalized spacial score (nSPS) is 18.1. The number of carbonyl (C=O) groups is 1. The van der Waals surface area contributed by atoms with Gasteiger partial charge < -0.3 is 25.5 Å². The van der Waals surface area contributed by atoms with Crippen LogP contribution in [0.2, 0.25) is 0 Å². The first-order valence-corrected chi connectivity index (χ1v) is 8.76. The third-order valence-corrected chi connectivity index (χ3v) is 4.77. The van der Waals surface area contributed by atoms with E-state index in [1.54, 1.807) is 0 Å². The Morgan fingerprint density at radius 3 is 2.58 bits per heavy atom. The van der Waals surface area contributed by atoms with Crippen LogP contribution < -0.4 is 15.5 Å². The van der Waals surface area contributed by atoms with Gasteiger partial charge in [-0.2, -0.15) is 0 Å². The molecule has 1 aliphatic heterocycles. The predicted molar refractivity (Wildman–Crippen MR) is 98.6 cm³/mol. The minimum atomic E-state index is -0.520. The largest absolute Gasteiger partial charge is 0.391 e. The van der Waals surface area contributed by atoms with Crippen molar-refractivity contribution in [2.75, 3.05) is 50.0 Å². The minimum Gasteiger partial charge on any atom is -0.391 e. The maximum Gasteiger partial charge on any atom is 0.319 e. The molecule has 0 aromatic heterocycles. The molecule has 1 aromatic rings. The molecular formula is C18H30N4O2. The molecule has 0 spiro atoms. The van der Waals surface area contributed by atoms with Gasteiger partial charge in [0.2, 0.25) is 0 Å². The number of hydrogen-bond acceptors (Lipinski definition) is 4. The second-order valence-electron chi connectivity index (χ2n) is 6.60. The number of amides is 2. The maximum absolute atomic E-state index is 12.2. The topological polar surface area (TPSA) is 67.8 Å². The number of aliphatic hydroxyl groups excluding tert-OH is 1. The Morgan fingerprint density at radius 2 is 1.92 bits per heavy atom. The number of urea groups is 1. The quantitative estimate of drug-likeness (QED) is 0.744. The summed E-state index contributed by atoms with van der Waals surface area (Å²) in [6.07, 6.45) is 0.366. The van der Waals surface area contributed by atoms with E-state index in [9.17, 15) is 9.90 Å². The monoisotopic (exact) mass is 334 g/mol. The van der Waals surface area contributed by atoms with E-state index in [0.717, 1.165) is 44.0 Å². The molecule has 1 saturated heterocycles. The van der Waals surface area contributed by atoms with Crippen molar-refractivity contribution in [1.82, 2.24) is 10.2 Å². The Bertz CT molecular complexity index is 530. The molecule has 1 heterocycles. The minimum absolute atomic E-state index is 0.169. The lowest BCUT2D eigenvalue weighted by molar-refractivity contribution is 0.115. The van der Waals surface area contributed by atoms with Gasteiger partial charge in [0.25, 0.3) is 0 Å². The summed E-state index contributed by atoms with van der Waals surface area (Å²) in [6.45, 7) is 8.20. The Kier molecular flexibility index (Phi) is 6.87. The number of piperazine rings is 1. The van der Waals surface area contributed by atoms with Crippen LogP contribution in [0, 0.1) is 5.92 Å². The Balaban J connectivity index is 1.93. The Labute approximate surface area is 144 Å². The standard InChI is InChI=1S/C18H30N4O2/c1-4-14(2)17(23)13-19-18(24)20-15-7-5-6-8-16(15)22-11-9-21(3)10-12-22/h5-8,14,17,23H,4,9-13H2,1-3H3,(H2,19,20,24). The summed E-state index contributed by atoms with van der Waals surface area (Å²) in [4.78, 5) is 16.8. The van der Waals surface area contributed by atoms with Crippen molar-refractivity contribution in [2.24, 2.45) is 5.92 Å². The number of likely N-dealkylation sites (N-methyl/N-ethyl adjacent to an activating group) is 1. The van der Waals surface area contributed by atoms with Crippen LogP contribution in [0.3, 0.4) is 0 Å². The summed E-state index contributed by atoms with van der Waals surface area (Å²) < 4.78 is 0. The number of nitrogens with zero attached hydrogens (tertiary/aromatic N) is 2. The fourth-order valence-corrected chi connectivity index (χ4v) is 2.74. The first-order chi connectivity index (χ1) is 11.5. The Hall–Kier alpha value is -1.79. The molecule has 2 atom stereocenters. The Morgan fingerprint density at radius 1 is 1.25 bits per heavy atom. The molecule has 2 unspecified atom stereocenters. The summed E-state index contributed by atoms with van der Waals surface area (Å²) in [5, 5.41) is 15.6. The van der Waals surface area contributed by atoms with E-state index in [2.05, 4.69) is 27.5 Å². The molecule has 1 aromatic carbocycles. The van der Waals surface area contributed by atoms with Crippen molar-refractivity contribution in [1.29, 1.82) is 0 Å². The third-order valence-electron chi connectivity index (χ3n) is 4.77. The van der Waals surface area contributed by atoms with Gasteiger partial charge in [0.15, 0.2) is 0 Å². The fourth-order valence-electron chi connectivity index (χ4n) is 2.74. The summed E-state index contributed by atoms with van der Waals surface area (Å²) in [6, 6.07) is 7.58. The molecule has 2 rings (SSSR count). The number of aliphatic hydroxyl groups is 1. The number of nitrogens with one attached hydrogen (secondary N) is 2. The highest BCUT2D eigenvalue weighted by atomic mass is 16.3. The second-order valence-corrected chi connectivity index (χ2v) is 6.60. The molecule has 6 nitrogen and oxygen atoms in total. The van der Waals surface area contributed by atoms with Gasteiger partial charge in [-0.3, -0.25) is 0 Å². The summed E-state index contributed by atoms with van der Waals surface area (Å²) >= 11 is 0. The van der Waals surface area contributed by atoms with Crippen LogP contribution >= 0.6 is 0 Å². The molecule has 0 radical (unpaired) electrons. The molecule has 24 heavy (non-hydrogen) atoms. The van der Waals surface area contributed by atoms with E-state index in [1.165, 1.54) is 0 Å². The average Bonchev–Trinajstić information content (AvgIpc) is 2.60. The molecule has 1 fully saturated rings. The van der Waals surface area contributed by atoms with E-state index < -0.39 is 6.10 Å². The van der Waals surface area contributed by atoms with Crippen molar-refractivity contribution in [3.8, 4) is 0 Å². The van der Waals surface area contributed by atoms with E-state index in [1.807, 2.05) is 38.1 Å². The second kappa shape index (κ2) is 8.89. The molecule has 6 heteroatoms. The number of benzene rings is 1. The van der Waals surface area contributed by atoms with Crippen molar-refractivity contribution < 1.29 is 9.90 Å². The number of hydrogen-bond donors (Lipinski definition) is 3. The zero-order valence-electron chi connectivity index (χ0n) is 15.0. The highest BCUT2D eigenvalue weighted by Gasteiger charge is 2.18. The summed E-state index contributed by atoms with van der Waals surface area (Å²) in [5.41, 5.74) is 1.85. The summed E-state index contributed by atoms with van der Waals surface area (Å²) in [7, 11) is 2.12. The predicted octanol–water partition coefficient (Wildman–Crippen LogP) is 1.97. The third kappa shape index (κ3) is 5.11. The molecular weight excluding hydrogens is 304 g/mol. The lowest BCUT2D eigenvalue weighted by Crippen LogP contribution is -2.45. The van der Waals surface area contributed by atoms with Gasteiger partial charge >= 0.3 is 6.03 Å². The lowest BCUT2D eigenvalue weighted by atomic mass is 10.0. The van der Waals surface area contributed by atoms with Gasteiger partial charge in [-0.15, -0.1) is 0 Å². The lowest BCUT2D eigenvalue weighted by Gasteiger charge is -2.35. The van der Waals surface area contributed by atoms with Crippen molar-refractivity contribution >= 4 is 17.4 Å². The van der Waals surface area contributed by atoms with Gasteiger partial charge in [0, 0.05) is 32.7 Å². The van der Waals surface area contributed by atoms with Crippen molar-refractivity contribution in [3.05, 3.63) is 24.3 Å². The molecule has 3 N–H and O–H groups in total. The number of rotatable bonds is 6. The van der Waals surface area contributed by atoms with E-state index in [-0.39, 0.29) is 18.5 Å². The molecule has 1 aliphatic rings. The average molecular weight is 334 g/mol. The van der Waals surface area contributed by atoms with E-state index in [0.29, 0.717) is 0 Å². The number of anilines is 2. The van der Waals surface area contributed by atoms with E-state index in [4.69, 9.17) is 0 Å². The number of para-hydroxylation sites is 2. The fraction of sp³-hybridized carbons (Fsp3) is 0.611. The molecule has 134 valence electrons. The van der Waals surface area contributed by atoms with Crippen LogP contribution in [-0.4, -0.2) is 61.9 Å². The van der Waals surface area contributed by atoms with Gasteiger partial charge in [0.1, 0.15) is 0 Å². The van der Waals surface area contributed by atoms with Crippen LogP contribution in [-0.2, 0) is 0 Å². The van der Waals surface area contributed by atoms with Gasteiger partial charge in [-0.05, 0) is 25.1 Å².